The second-order valence-electron chi connectivity index (χ2n) is 8.70. The molecule has 1 unspecified atom stereocenters. The molecule has 0 aliphatic carbocycles. The summed E-state index contributed by atoms with van der Waals surface area (Å²) in [5.74, 6) is -1.54. The minimum Gasteiger partial charge on any atom is -0.507 e. The van der Waals surface area contributed by atoms with Crippen LogP contribution in [0, 0.1) is 6.92 Å². The van der Waals surface area contributed by atoms with Gasteiger partial charge in [0, 0.05) is 18.0 Å². The van der Waals surface area contributed by atoms with Gasteiger partial charge in [0.15, 0.2) is 0 Å². The molecule has 1 fully saturated rings. The van der Waals surface area contributed by atoms with Crippen molar-refractivity contribution in [3.8, 4) is 11.5 Å². The van der Waals surface area contributed by atoms with Crippen LogP contribution >= 0.6 is 0 Å². The zero-order valence-electron chi connectivity index (χ0n) is 20.0. The zero-order chi connectivity index (χ0) is 25.9. The molecule has 1 aliphatic heterocycles. The second kappa shape index (κ2) is 9.99. The fraction of sp³-hybridized carbons (Fsp3) is 0.100. The minimum absolute atomic E-state index is 0.0846. The van der Waals surface area contributed by atoms with E-state index in [2.05, 4.69) is 4.98 Å². The number of carbonyl (C=O) groups excluding carboxylic acids is 2. The van der Waals surface area contributed by atoms with E-state index < -0.39 is 17.7 Å². The maximum atomic E-state index is 13.3. The molecule has 5 rings (SSSR count). The van der Waals surface area contributed by atoms with Crippen molar-refractivity contribution in [2.45, 2.75) is 19.6 Å². The number of ether oxygens (including phenoxy) is 1. The summed E-state index contributed by atoms with van der Waals surface area (Å²) >= 11 is 0. The predicted octanol–water partition coefficient (Wildman–Crippen LogP) is 5.30. The van der Waals surface area contributed by atoms with Gasteiger partial charge in [-0.25, -0.2) is 0 Å². The number of aromatic hydroxyl groups is 1. The standard InChI is InChI=1S/C30H24N2O5/c1-19-16-21(13-14-25(19)37-18-20-8-3-2-4-9-20)28(34)26-27(22-10-7-15-31-17-22)32(30(36)29(26)35)23-11-5-6-12-24(23)33/h2-17,27,33-34H,18H2,1H3/b28-26-. The van der Waals surface area contributed by atoms with Crippen molar-refractivity contribution in [1.82, 2.24) is 4.98 Å². The summed E-state index contributed by atoms with van der Waals surface area (Å²) in [6.07, 6.45) is 3.11. The largest absolute Gasteiger partial charge is 0.507 e. The monoisotopic (exact) mass is 492 g/mol. The summed E-state index contributed by atoms with van der Waals surface area (Å²) in [7, 11) is 0. The fourth-order valence-electron chi connectivity index (χ4n) is 4.45. The van der Waals surface area contributed by atoms with Crippen LogP contribution in [0.3, 0.4) is 0 Å². The summed E-state index contributed by atoms with van der Waals surface area (Å²) in [6.45, 7) is 2.23. The average Bonchev–Trinajstić information content (AvgIpc) is 3.19. The molecule has 2 heterocycles. The van der Waals surface area contributed by atoms with Crippen molar-refractivity contribution in [2.75, 3.05) is 4.90 Å². The Morgan fingerprint density at radius 1 is 0.973 bits per heavy atom. The number of rotatable bonds is 6. The van der Waals surface area contributed by atoms with Crippen LogP contribution in [0.25, 0.3) is 5.76 Å². The van der Waals surface area contributed by atoms with E-state index in [1.165, 1.54) is 17.2 Å². The Labute approximate surface area is 213 Å². The number of aliphatic hydroxyl groups is 1. The smallest absolute Gasteiger partial charge is 0.300 e. The van der Waals surface area contributed by atoms with Gasteiger partial charge in [0.1, 0.15) is 23.9 Å². The van der Waals surface area contributed by atoms with Crippen LogP contribution in [0.5, 0.6) is 11.5 Å². The highest BCUT2D eigenvalue weighted by atomic mass is 16.5. The summed E-state index contributed by atoms with van der Waals surface area (Å²) in [6, 6.07) is 23.5. The molecule has 4 aromatic rings. The van der Waals surface area contributed by atoms with Gasteiger partial charge in [0.25, 0.3) is 11.7 Å². The van der Waals surface area contributed by atoms with Gasteiger partial charge >= 0.3 is 0 Å². The quantitative estimate of drug-likeness (QED) is 0.215. The number of para-hydroxylation sites is 2. The highest BCUT2D eigenvalue weighted by Crippen LogP contribution is 2.44. The summed E-state index contributed by atoms with van der Waals surface area (Å²) < 4.78 is 5.94. The number of hydrogen-bond acceptors (Lipinski definition) is 6. The number of anilines is 1. The van der Waals surface area contributed by atoms with Crippen molar-refractivity contribution in [3.05, 3.63) is 125 Å². The Hall–Kier alpha value is -4.91. The highest BCUT2D eigenvalue weighted by Gasteiger charge is 2.47. The molecule has 1 atom stereocenters. The van der Waals surface area contributed by atoms with E-state index in [1.807, 2.05) is 37.3 Å². The molecule has 1 amide bonds. The van der Waals surface area contributed by atoms with Gasteiger partial charge in [-0.3, -0.25) is 19.5 Å². The van der Waals surface area contributed by atoms with Crippen LogP contribution in [0.4, 0.5) is 5.69 Å². The number of aromatic nitrogens is 1. The number of ketones is 1. The first-order chi connectivity index (χ1) is 18.0. The highest BCUT2D eigenvalue weighted by molar-refractivity contribution is 6.51. The Morgan fingerprint density at radius 3 is 2.43 bits per heavy atom. The number of benzene rings is 3. The third-order valence-corrected chi connectivity index (χ3v) is 6.27. The molecule has 1 saturated heterocycles. The topological polar surface area (TPSA) is 100.0 Å². The Bertz CT molecular complexity index is 1500. The SMILES string of the molecule is Cc1cc(/C(O)=C2/C(=O)C(=O)N(c3ccccc3O)C2c2cccnc2)ccc1OCc1ccccc1. The van der Waals surface area contributed by atoms with Gasteiger partial charge in [-0.2, -0.15) is 0 Å². The van der Waals surface area contributed by atoms with E-state index >= 15 is 0 Å². The molecule has 3 aromatic carbocycles. The number of carbonyl (C=O) groups is 2. The van der Waals surface area contributed by atoms with Crippen molar-refractivity contribution in [3.63, 3.8) is 0 Å². The van der Waals surface area contributed by atoms with Crippen molar-refractivity contribution in [2.24, 2.45) is 0 Å². The lowest BCUT2D eigenvalue weighted by Crippen LogP contribution is -2.29. The van der Waals surface area contributed by atoms with E-state index in [9.17, 15) is 19.8 Å². The second-order valence-corrected chi connectivity index (χ2v) is 8.70. The predicted molar refractivity (Wildman–Crippen MR) is 139 cm³/mol. The molecular formula is C30H24N2O5. The van der Waals surface area contributed by atoms with Gasteiger partial charge in [-0.1, -0.05) is 48.5 Å². The van der Waals surface area contributed by atoms with Gasteiger partial charge in [-0.15, -0.1) is 0 Å². The molecule has 184 valence electrons. The molecule has 1 aromatic heterocycles. The van der Waals surface area contributed by atoms with Crippen LogP contribution in [0.2, 0.25) is 0 Å². The van der Waals surface area contributed by atoms with E-state index in [4.69, 9.17) is 4.74 Å². The molecule has 7 heteroatoms. The number of nitrogens with zero attached hydrogens (tertiary/aromatic N) is 2. The first-order valence-corrected chi connectivity index (χ1v) is 11.7. The molecule has 0 spiro atoms. The molecule has 0 saturated carbocycles. The maximum absolute atomic E-state index is 13.3. The first-order valence-electron chi connectivity index (χ1n) is 11.7. The maximum Gasteiger partial charge on any atom is 0.300 e. The van der Waals surface area contributed by atoms with Gasteiger partial charge in [-0.05, 0) is 60.0 Å². The van der Waals surface area contributed by atoms with Crippen molar-refractivity contribution >= 4 is 23.1 Å². The zero-order valence-corrected chi connectivity index (χ0v) is 20.0. The lowest BCUT2D eigenvalue weighted by atomic mass is 9.95. The third kappa shape index (κ3) is 4.54. The van der Waals surface area contributed by atoms with Gasteiger partial charge in [0.05, 0.1) is 17.3 Å². The Balaban J connectivity index is 1.56. The lowest BCUT2D eigenvalue weighted by molar-refractivity contribution is -0.132. The molecule has 0 bridgehead atoms. The number of hydrogen-bond donors (Lipinski definition) is 2. The number of amides is 1. The van der Waals surface area contributed by atoms with Crippen LogP contribution in [0.15, 0.2) is 103 Å². The van der Waals surface area contributed by atoms with Crippen LogP contribution < -0.4 is 9.64 Å². The Morgan fingerprint density at radius 2 is 1.73 bits per heavy atom. The number of phenolic OH excluding ortho intramolecular Hbond substituents is 1. The number of pyridine rings is 1. The lowest BCUT2D eigenvalue weighted by Gasteiger charge is -2.25. The molecule has 1 aliphatic rings. The molecule has 37 heavy (non-hydrogen) atoms. The van der Waals surface area contributed by atoms with E-state index in [0.29, 0.717) is 23.5 Å². The summed E-state index contributed by atoms with van der Waals surface area (Å²) in [5.41, 5.74) is 2.75. The molecule has 2 N–H and O–H groups in total. The third-order valence-electron chi connectivity index (χ3n) is 6.27. The van der Waals surface area contributed by atoms with Crippen LogP contribution in [0.1, 0.15) is 28.3 Å². The Kier molecular flexibility index (Phi) is 6.43. The van der Waals surface area contributed by atoms with Gasteiger partial charge < -0.3 is 14.9 Å². The molecule has 0 radical (unpaired) electrons. The van der Waals surface area contributed by atoms with E-state index in [1.54, 1.807) is 54.7 Å². The van der Waals surface area contributed by atoms with Crippen molar-refractivity contribution < 1.29 is 24.5 Å². The first kappa shape index (κ1) is 23.8. The molecular weight excluding hydrogens is 468 g/mol. The van der Waals surface area contributed by atoms with E-state index in [0.717, 1.165) is 11.1 Å². The average molecular weight is 493 g/mol. The summed E-state index contributed by atoms with van der Waals surface area (Å²) in [4.78, 5) is 31.8. The van der Waals surface area contributed by atoms with Crippen LogP contribution in [-0.2, 0) is 16.2 Å². The van der Waals surface area contributed by atoms with Crippen LogP contribution in [-0.4, -0.2) is 26.9 Å². The van der Waals surface area contributed by atoms with Gasteiger partial charge in [0.2, 0.25) is 0 Å². The minimum atomic E-state index is -0.976. The molecule has 7 nitrogen and oxygen atoms in total. The van der Waals surface area contributed by atoms with E-state index in [-0.39, 0.29) is 22.8 Å². The number of aliphatic hydroxyl groups excluding tert-OH is 1. The number of phenols is 1. The fourth-order valence-corrected chi connectivity index (χ4v) is 4.45. The van der Waals surface area contributed by atoms with Crippen molar-refractivity contribution in [1.29, 1.82) is 0 Å². The number of Topliss-reactive ketones (excluding diaryl/α,β-unsaturated/α-hetero) is 1. The summed E-state index contributed by atoms with van der Waals surface area (Å²) in [5, 5.41) is 21.8. The normalized spacial score (nSPS) is 16.7. The number of aryl methyl sites for hydroxylation is 1.